The zero-order valence-electron chi connectivity index (χ0n) is 11.2. The Hall–Kier alpha value is -0.290. The van der Waals surface area contributed by atoms with Crippen LogP contribution in [0.5, 0.6) is 5.75 Å². The van der Waals surface area contributed by atoms with Crippen LogP contribution in [0.15, 0.2) is 24.3 Å². The van der Waals surface area contributed by atoms with Crippen molar-refractivity contribution in [2.75, 3.05) is 6.61 Å². The first kappa shape index (κ1) is 13.7. The summed E-state index contributed by atoms with van der Waals surface area (Å²) in [4.78, 5) is 0. The second-order valence-electron chi connectivity index (χ2n) is 5.78. The SMILES string of the molecule is Ic1ccc(OC2CCOC3(CCCCC3)C2)cc1. The number of hydrogen-bond donors (Lipinski definition) is 0. The number of ether oxygens (including phenoxy) is 2. The lowest BCUT2D eigenvalue weighted by atomic mass is 9.79. The molecule has 2 nitrogen and oxygen atoms in total. The Morgan fingerprint density at radius 1 is 1.11 bits per heavy atom. The van der Waals surface area contributed by atoms with Crippen molar-refractivity contribution >= 4 is 22.6 Å². The molecule has 0 aromatic heterocycles. The second kappa shape index (κ2) is 6.00. The molecule has 0 radical (unpaired) electrons. The number of hydrogen-bond acceptors (Lipinski definition) is 2. The molecule has 3 heteroatoms. The maximum absolute atomic E-state index is 6.15. The van der Waals surface area contributed by atoms with Crippen LogP contribution in [-0.4, -0.2) is 18.3 Å². The van der Waals surface area contributed by atoms with Gasteiger partial charge in [-0.05, 0) is 59.7 Å². The molecule has 2 aliphatic rings. The van der Waals surface area contributed by atoms with Crippen molar-refractivity contribution in [2.45, 2.75) is 56.7 Å². The molecule has 1 aromatic rings. The van der Waals surface area contributed by atoms with Crippen molar-refractivity contribution < 1.29 is 9.47 Å². The molecule has 104 valence electrons. The lowest BCUT2D eigenvalue weighted by molar-refractivity contribution is -0.129. The van der Waals surface area contributed by atoms with Gasteiger partial charge in [0, 0.05) is 16.4 Å². The van der Waals surface area contributed by atoms with Gasteiger partial charge in [-0.1, -0.05) is 19.3 Å². The summed E-state index contributed by atoms with van der Waals surface area (Å²) in [6.07, 6.45) is 8.86. The van der Waals surface area contributed by atoms with Crippen molar-refractivity contribution in [3.8, 4) is 5.75 Å². The molecular formula is C16H21IO2. The van der Waals surface area contributed by atoms with E-state index < -0.39 is 0 Å². The Balaban J connectivity index is 1.63. The number of benzene rings is 1. The van der Waals surface area contributed by atoms with Crippen LogP contribution >= 0.6 is 22.6 Å². The fourth-order valence-electron chi connectivity index (χ4n) is 3.33. The molecule has 1 aliphatic heterocycles. The lowest BCUT2D eigenvalue weighted by Crippen LogP contribution is -2.45. The van der Waals surface area contributed by atoms with Gasteiger partial charge < -0.3 is 9.47 Å². The molecule has 2 fully saturated rings. The third-order valence-corrected chi connectivity index (χ3v) is 5.05. The molecule has 1 unspecified atom stereocenters. The molecule has 0 bridgehead atoms. The first-order chi connectivity index (χ1) is 9.26. The summed E-state index contributed by atoms with van der Waals surface area (Å²) in [5.74, 6) is 0.998. The van der Waals surface area contributed by atoms with Gasteiger partial charge in [-0.3, -0.25) is 0 Å². The Morgan fingerprint density at radius 3 is 2.58 bits per heavy atom. The molecule has 0 amide bonds. The van der Waals surface area contributed by atoms with E-state index >= 15 is 0 Å². The standard InChI is InChI=1S/C16H21IO2/c17-13-4-6-14(7-5-13)19-15-8-11-18-16(12-15)9-2-1-3-10-16/h4-7,15H,1-3,8-12H2. The van der Waals surface area contributed by atoms with Crippen molar-refractivity contribution in [3.05, 3.63) is 27.8 Å². The van der Waals surface area contributed by atoms with Crippen LogP contribution in [0.25, 0.3) is 0 Å². The highest BCUT2D eigenvalue weighted by Gasteiger charge is 2.39. The van der Waals surface area contributed by atoms with E-state index in [0.29, 0.717) is 6.10 Å². The Bertz CT molecular complexity index is 404. The molecule has 1 saturated heterocycles. The van der Waals surface area contributed by atoms with Crippen molar-refractivity contribution in [3.63, 3.8) is 0 Å². The molecular weight excluding hydrogens is 351 g/mol. The molecule has 0 N–H and O–H groups in total. The molecule has 1 aromatic carbocycles. The van der Waals surface area contributed by atoms with Crippen molar-refractivity contribution in [1.82, 2.24) is 0 Å². The Kier molecular flexibility index (Phi) is 4.32. The van der Waals surface area contributed by atoms with Gasteiger partial charge in [0.2, 0.25) is 0 Å². The summed E-state index contributed by atoms with van der Waals surface area (Å²) in [6.45, 7) is 0.856. The number of halogens is 1. The molecule has 3 rings (SSSR count). The van der Waals surface area contributed by atoms with Gasteiger partial charge in [-0.25, -0.2) is 0 Å². The van der Waals surface area contributed by atoms with Crippen LogP contribution in [0, 0.1) is 3.57 Å². The van der Waals surface area contributed by atoms with E-state index in [4.69, 9.17) is 9.47 Å². The summed E-state index contributed by atoms with van der Waals surface area (Å²) < 4.78 is 13.5. The topological polar surface area (TPSA) is 18.5 Å². The third-order valence-electron chi connectivity index (χ3n) is 4.33. The van der Waals surface area contributed by atoms with E-state index in [0.717, 1.165) is 25.2 Å². The molecule has 1 atom stereocenters. The maximum atomic E-state index is 6.15. The zero-order valence-corrected chi connectivity index (χ0v) is 13.4. The predicted molar refractivity (Wildman–Crippen MR) is 84.6 cm³/mol. The molecule has 1 saturated carbocycles. The molecule has 1 heterocycles. The summed E-state index contributed by atoms with van der Waals surface area (Å²) in [5.41, 5.74) is 0.129. The normalized spacial score (nSPS) is 26.3. The first-order valence-corrected chi connectivity index (χ1v) is 8.40. The van der Waals surface area contributed by atoms with Gasteiger partial charge in [-0.2, -0.15) is 0 Å². The van der Waals surface area contributed by atoms with Gasteiger partial charge in [0.1, 0.15) is 11.9 Å². The summed E-state index contributed by atoms with van der Waals surface area (Å²) in [6, 6.07) is 8.35. The molecule has 19 heavy (non-hydrogen) atoms. The first-order valence-electron chi connectivity index (χ1n) is 7.32. The van der Waals surface area contributed by atoms with E-state index in [2.05, 4.69) is 46.9 Å². The van der Waals surface area contributed by atoms with E-state index in [-0.39, 0.29) is 5.60 Å². The number of rotatable bonds is 2. The van der Waals surface area contributed by atoms with E-state index in [9.17, 15) is 0 Å². The maximum Gasteiger partial charge on any atom is 0.119 e. The van der Waals surface area contributed by atoms with Crippen LogP contribution < -0.4 is 4.74 Å². The highest BCUT2D eigenvalue weighted by atomic mass is 127. The van der Waals surface area contributed by atoms with Gasteiger partial charge in [-0.15, -0.1) is 0 Å². The highest BCUT2D eigenvalue weighted by molar-refractivity contribution is 14.1. The average molecular weight is 372 g/mol. The van der Waals surface area contributed by atoms with Crippen LogP contribution in [0.4, 0.5) is 0 Å². The summed E-state index contributed by atoms with van der Waals surface area (Å²) >= 11 is 2.32. The molecule has 1 aliphatic carbocycles. The lowest BCUT2D eigenvalue weighted by Gasteiger charge is -2.43. The Labute approximate surface area is 129 Å². The van der Waals surface area contributed by atoms with Gasteiger partial charge >= 0.3 is 0 Å². The monoisotopic (exact) mass is 372 g/mol. The third kappa shape index (κ3) is 3.43. The summed E-state index contributed by atoms with van der Waals surface area (Å²) in [5, 5.41) is 0. The highest BCUT2D eigenvalue weighted by Crippen LogP contribution is 2.39. The van der Waals surface area contributed by atoms with Crippen LogP contribution in [0.1, 0.15) is 44.9 Å². The summed E-state index contributed by atoms with van der Waals surface area (Å²) in [7, 11) is 0. The van der Waals surface area contributed by atoms with Gasteiger partial charge in [0.25, 0.3) is 0 Å². The fourth-order valence-corrected chi connectivity index (χ4v) is 3.69. The minimum absolute atomic E-state index is 0.129. The Morgan fingerprint density at radius 2 is 1.84 bits per heavy atom. The van der Waals surface area contributed by atoms with Crippen LogP contribution in [-0.2, 0) is 4.74 Å². The van der Waals surface area contributed by atoms with Crippen molar-refractivity contribution in [2.24, 2.45) is 0 Å². The van der Waals surface area contributed by atoms with E-state index in [1.165, 1.54) is 35.7 Å². The van der Waals surface area contributed by atoms with Crippen molar-refractivity contribution in [1.29, 1.82) is 0 Å². The molecule has 1 spiro atoms. The smallest absolute Gasteiger partial charge is 0.119 e. The van der Waals surface area contributed by atoms with Crippen LogP contribution in [0.3, 0.4) is 0 Å². The fraction of sp³-hybridized carbons (Fsp3) is 0.625. The predicted octanol–water partition coefficient (Wildman–Crippen LogP) is 4.55. The minimum atomic E-state index is 0.129. The van der Waals surface area contributed by atoms with Gasteiger partial charge in [0.05, 0.1) is 12.2 Å². The van der Waals surface area contributed by atoms with Gasteiger partial charge in [0.15, 0.2) is 0 Å². The minimum Gasteiger partial charge on any atom is -0.490 e. The van der Waals surface area contributed by atoms with E-state index in [1.54, 1.807) is 0 Å². The zero-order chi connectivity index (χ0) is 13.1. The van der Waals surface area contributed by atoms with E-state index in [1.807, 2.05) is 0 Å². The quantitative estimate of drug-likeness (QED) is 0.709. The average Bonchev–Trinajstić information content (AvgIpc) is 2.42. The largest absolute Gasteiger partial charge is 0.490 e. The van der Waals surface area contributed by atoms with Crippen LogP contribution in [0.2, 0.25) is 0 Å². The second-order valence-corrected chi connectivity index (χ2v) is 7.02.